The van der Waals surface area contributed by atoms with E-state index in [4.69, 9.17) is 34.8 Å². The van der Waals surface area contributed by atoms with Crippen LogP contribution in [0, 0.1) is 0 Å². The summed E-state index contributed by atoms with van der Waals surface area (Å²) in [5.41, 5.74) is 0.512. The van der Waals surface area contributed by atoms with Gasteiger partial charge < -0.3 is 10.1 Å². The molecule has 0 radical (unpaired) electrons. The van der Waals surface area contributed by atoms with Crippen molar-refractivity contribution in [2.24, 2.45) is 0 Å². The Morgan fingerprint density at radius 3 is 2.61 bits per heavy atom. The minimum Gasteiger partial charge on any atom is -0.507 e. The first-order valence-electron chi connectivity index (χ1n) is 6.50. The van der Waals surface area contributed by atoms with Crippen molar-refractivity contribution in [2.45, 2.75) is 0 Å². The van der Waals surface area contributed by atoms with Crippen LogP contribution in [0.2, 0.25) is 10.0 Å². The number of phenols is 1. The monoisotopic (exact) mass is 366 g/mol. The number of H-pyrrole nitrogens is 1. The van der Waals surface area contributed by atoms with Crippen LogP contribution in [-0.4, -0.2) is 15.1 Å². The third-order valence-electron chi connectivity index (χ3n) is 3.17. The molecule has 2 aromatic carbocycles. The van der Waals surface area contributed by atoms with Gasteiger partial charge in [0.15, 0.2) is 5.82 Å². The van der Waals surface area contributed by atoms with E-state index >= 15 is 0 Å². The molecule has 0 atom stereocenters. The predicted molar refractivity (Wildman–Crippen MR) is 94.2 cm³/mol. The second-order valence-corrected chi connectivity index (χ2v) is 6.05. The molecule has 0 saturated carbocycles. The predicted octanol–water partition coefficient (Wildman–Crippen LogP) is 4.67. The summed E-state index contributed by atoms with van der Waals surface area (Å²) >= 11 is 18.0. The molecule has 1 heterocycles. The van der Waals surface area contributed by atoms with E-state index in [1.54, 1.807) is 30.3 Å². The average molecular weight is 368 g/mol. The van der Waals surface area contributed by atoms with Crippen LogP contribution in [0.25, 0.3) is 22.0 Å². The highest BCUT2D eigenvalue weighted by Crippen LogP contribution is 2.27. The van der Waals surface area contributed by atoms with Crippen molar-refractivity contribution in [1.82, 2.24) is 9.97 Å². The van der Waals surface area contributed by atoms with Crippen LogP contribution < -0.4 is 5.56 Å². The fourth-order valence-electron chi connectivity index (χ4n) is 2.07. The highest BCUT2D eigenvalue weighted by atomic mass is 35.5. The summed E-state index contributed by atoms with van der Waals surface area (Å²) in [5, 5.41) is 11.3. The largest absolute Gasteiger partial charge is 0.507 e. The maximum atomic E-state index is 12.1. The topological polar surface area (TPSA) is 66.0 Å². The molecule has 7 heteroatoms. The number of hydrogen-bond donors (Lipinski definition) is 2. The number of hydrogen-bond acceptors (Lipinski definition) is 3. The Hall–Kier alpha value is -2.01. The summed E-state index contributed by atoms with van der Waals surface area (Å²) in [5.74, 6) is 0.185. The smallest absolute Gasteiger partial charge is 0.259 e. The molecule has 1 aromatic heterocycles. The van der Waals surface area contributed by atoms with Gasteiger partial charge in [-0.15, -0.1) is 0 Å². The van der Waals surface area contributed by atoms with E-state index in [2.05, 4.69) is 9.97 Å². The summed E-state index contributed by atoms with van der Waals surface area (Å²) in [6, 6.07) is 9.34. The maximum Gasteiger partial charge on any atom is 0.259 e. The van der Waals surface area contributed by atoms with Gasteiger partial charge in [-0.25, -0.2) is 4.98 Å². The zero-order valence-electron chi connectivity index (χ0n) is 11.5. The van der Waals surface area contributed by atoms with E-state index in [1.807, 2.05) is 0 Å². The summed E-state index contributed by atoms with van der Waals surface area (Å²) in [6.45, 7) is 0. The van der Waals surface area contributed by atoms with Gasteiger partial charge in [0.2, 0.25) is 0 Å². The molecule has 3 aromatic rings. The third kappa shape index (κ3) is 3.34. The number of aromatic amines is 1. The van der Waals surface area contributed by atoms with Crippen molar-refractivity contribution in [3.63, 3.8) is 0 Å². The number of rotatable bonds is 2. The maximum absolute atomic E-state index is 12.1. The Kier molecular flexibility index (Phi) is 4.31. The zero-order valence-corrected chi connectivity index (χ0v) is 13.7. The number of nitrogens with zero attached hydrogens (tertiary/aromatic N) is 1. The number of fused-ring (bicyclic) bond motifs is 1. The molecule has 0 saturated heterocycles. The lowest BCUT2D eigenvalue weighted by atomic mass is 10.2. The van der Waals surface area contributed by atoms with Crippen LogP contribution in [0.1, 0.15) is 11.4 Å². The molecule has 0 aliphatic carbocycles. The Morgan fingerprint density at radius 2 is 1.83 bits per heavy atom. The molecule has 0 aliphatic heterocycles. The Bertz CT molecular complexity index is 996. The van der Waals surface area contributed by atoms with Gasteiger partial charge in [0.25, 0.3) is 5.56 Å². The van der Waals surface area contributed by atoms with Crippen molar-refractivity contribution in [3.8, 4) is 5.75 Å². The van der Waals surface area contributed by atoms with Gasteiger partial charge in [0.1, 0.15) is 5.75 Å². The van der Waals surface area contributed by atoms with Gasteiger partial charge in [-0.1, -0.05) is 34.8 Å². The van der Waals surface area contributed by atoms with Crippen LogP contribution in [0.4, 0.5) is 0 Å². The Labute approximate surface area is 146 Å². The molecule has 0 amide bonds. The van der Waals surface area contributed by atoms with E-state index in [0.29, 0.717) is 26.5 Å². The van der Waals surface area contributed by atoms with Gasteiger partial charge in [-0.2, -0.15) is 0 Å². The van der Waals surface area contributed by atoms with Gasteiger partial charge in [-0.05, 0) is 42.5 Å². The lowest BCUT2D eigenvalue weighted by Gasteiger charge is -2.04. The fourth-order valence-corrected chi connectivity index (χ4v) is 2.63. The van der Waals surface area contributed by atoms with Crippen molar-refractivity contribution in [1.29, 1.82) is 0 Å². The Morgan fingerprint density at radius 1 is 1.13 bits per heavy atom. The van der Waals surface area contributed by atoms with E-state index in [9.17, 15) is 9.90 Å². The van der Waals surface area contributed by atoms with Crippen LogP contribution >= 0.6 is 34.8 Å². The van der Waals surface area contributed by atoms with Crippen LogP contribution in [-0.2, 0) is 0 Å². The molecule has 0 fully saturated rings. The minimum absolute atomic E-state index is 0.0127. The van der Waals surface area contributed by atoms with Gasteiger partial charge in [0, 0.05) is 15.6 Å². The average Bonchev–Trinajstić information content (AvgIpc) is 2.50. The van der Waals surface area contributed by atoms with Gasteiger partial charge >= 0.3 is 0 Å². The summed E-state index contributed by atoms with van der Waals surface area (Å²) < 4.78 is 0. The first kappa shape index (κ1) is 15.9. The lowest BCUT2D eigenvalue weighted by molar-refractivity contribution is 0.474. The molecule has 116 valence electrons. The van der Waals surface area contributed by atoms with Crippen LogP contribution in [0.15, 0.2) is 41.2 Å². The van der Waals surface area contributed by atoms with E-state index < -0.39 is 0 Å². The molecule has 0 aliphatic rings. The fraction of sp³-hybridized carbons (Fsp3) is 0. The normalized spacial score (nSPS) is 11.9. The molecular formula is C16H9Cl3N2O2. The molecule has 23 heavy (non-hydrogen) atoms. The molecule has 0 unspecified atom stereocenters. The van der Waals surface area contributed by atoms with Gasteiger partial charge in [-0.3, -0.25) is 4.79 Å². The highest BCUT2D eigenvalue weighted by Gasteiger charge is 2.09. The molecule has 3 rings (SSSR count). The van der Waals surface area contributed by atoms with E-state index in [-0.39, 0.29) is 22.2 Å². The summed E-state index contributed by atoms with van der Waals surface area (Å²) in [6.07, 6.45) is 1.47. The first-order valence-corrected chi connectivity index (χ1v) is 7.63. The minimum atomic E-state index is -0.330. The van der Waals surface area contributed by atoms with Crippen molar-refractivity contribution >= 4 is 56.8 Å². The summed E-state index contributed by atoms with van der Waals surface area (Å²) in [4.78, 5) is 19.0. The lowest BCUT2D eigenvalue weighted by Crippen LogP contribution is -2.10. The second-order valence-electron chi connectivity index (χ2n) is 4.77. The quantitative estimate of drug-likeness (QED) is 0.691. The molecular weight excluding hydrogens is 359 g/mol. The van der Waals surface area contributed by atoms with Crippen LogP contribution in [0.5, 0.6) is 5.75 Å². The van der Waals surface area contributed by atoms with Crippen molar-refractivity contribution < 1.29 is 5.11 Å². The van der Waals surface area contributed by atoms with E-state index in [1.165, 1.54) is 12.1 Å². The number of aromatic hydroxyl groups is 1. The summed E-state index contributed by atoms with van der Waals surface area (Å²) in [7, 11) is 0. The number of phenolic OH excluding ortho intramolecular Hbond substituents is 1. The number of nitrogens with one attached hydrogen (secondary N) is 1. The molecule has 4 nitrogen and oxygen atoms in total. The molecule has 0 spiro atoms. The van der Waals surface area contributed by atoms with E-state index in [0.717, 1.165) is 0 Å². The number of aromatic nitrogens is 2. The molecule has 2 N–H and O–H groups in total. The number of benzene rings is 2. The van der Waals surface area contributed by atoms with Crippen molar-refractivity contribution in [2.75, 3.05) is 0 Å². The SMILES string of the molecule is O=c1[nH]c(/C(Cl)=C/c2cc(Cl)ccc2O)nc2cc(Cl)ccc12. The number of halogens is 3. The Balaban J connectivity index is 2.14. The first-order chi connectivity index (χ1) is 10.9. The van der Waals surface area contributed by atoms with Gasteiger partial charge in [0.05, 0.1) is 15.9 Å². The van der Waals surface area contributed by atoms with Crippen molar-refractivity contribution in [3.05, 3.63) is 68.2 Å². The second kappa shape index (κ2) is 6.24. The zero-order chi connectivity index (χ0) is 16.6. The molecule has 0 bridgehead atoms. The van der Waals surface area contributed by atoms with Crippen LogP contribution in [0.3, 0.4) is 0 Å². The standard InChI is InChI=1S/C16H9Cl3N2O2/c17-9-2-4-14(22)8(5-9)6-12(19)15-20-13-7-10(18)1-3-11(13)16(23)21-15/h1-7,22H,(H,20,21,23)/b12-6-. The highest BCUT2D eigenvalue weighted by molar-refractivity contribution is 6.50. The third-order valence-corrected chi connectivity index (χ3v) is 3.92.